The minimum absolute atomic E-state index is 0.113. The van der Waals surface area contributed by atoms with E-state index < -0.39 is 7.60 Å². The molecular formula is C20H39N2O5P. The molecule has 28 heavy (non-hydrogen) atoms. The summed E-state index contributed by atoms with van der Waals surface area (Å²) in [6.45, 7) is 17.6. The smallest absolute Gasteiger partial charge is 0.331 e. The van der Waals surface area contributed by atoms with Crippen LogP contribution >= 0.6 is 7.60 Å². The Morgan fingerprint density at radius 2 is 1.29 bits per heavy atom. The third kappa shape index (κ3) is 6.85. The Bertz CT molecular complexity index is 567. The van der Waals surface area contributed by atoms with Crippen molar-refractivity contribution in [3.05, 3.63) is 0 Å². The lowest BCUT2D eigenvalue weighted by Crippen LogP contribution is -2.43. The van der Waals surface area contributed by atoms with Gasteiger partial charge in [0.25, 0.3) is 0 Å². The molecule has 1 aliphatic rings. The first-order chi connectivity index (χ1) is 13.2. The maximum absolute atomic E-state index is 13.2. The highest BCUT2D eigenvalue weighted by molar-refractivity contribution is 7.53. The zero-order chi connectivity index (χ0) is 21.3. The molecular weight excluding hydrogens is 379 g/mol. The maximum atomic E-state index is 13.2. The van der Waals surface area contributed by atoms with Gasteiger partial charge >= 0.3 is 7.60 Å². The molecule has 0 amide bonds. The SMILES string of the molecule is CCOC1=N[C@H]([C@@H](CP(=O)(OCC)OCC)C(C)C)C(OCC)=N[C@H]1C(C)C. The Balaban J connectivity index is 3.31. The van der Waals surface area contributed by atoms with Crippen molar-refractivity contribution in [1.82, 2.24) is 0 Å². The van der Waals surface area contributed by atoms with E-state index in [2.05, 4.69) is 27.7 Å². The van der Waals surface area contributed by atoms with Crippen LogP contribution in [0.1, 0.15) is 55.4 Å². The standard InChI is InChI=1S/C20H39N2O5P/c1-9-24-19-17(15(7)8)21-20(25-10-2)18(22-19)16(14(5)6)13-28(23,26-11-3)27-12-4/h14-18H,9-13H2,1-8H3/t16-,17-,18+/m0/s1. The van der Waals surface area contributed by atoms with Crippen molar-refractivity contribution in [1.29, 1.82) is 0 Å². The Morgan fingerprint density at radius 3 is 1.68 bits per heavy atom. The van der Waals surface area contributed by atoms with Crippen LogP contribution < -0.4 is 0 Å². The molecule has 164 valence electrons. The molecule has 0 aliphatic carbocycles. The number of rotatable bonds is 11. The minimum Gasteiger partial charge on any atom is -0.480 e. The van der Waals surface area contributed by atoms with Gasteiger partial charge in [-0.15, -0.1) is 0 Å². The summed E-state index contributed by atoms with van der Waals surface area (Å²) < 4.78 is 36.0. The first-order valence-electron chi connectivity index (χ1n) is 10.5. The van der Waals surface area contributed by atoms with E-state index in [-0.39, 0.29) is 36.0 Å². The topological polar surface area (TPSA) is 78.7 Å². The van der Waals surface area contributed by atoms with Crippen molar-refractivity contribution in [3.8, 4) is 0 Å². The third-order valence-corrected chi connectivity index (χ3v) is 6.77. The van der Waals surface area contributed by atoms with Crippen LogP contribution in [0.4, 0.5) is 0 Å². The van der Waals surface area contributed by atoms with Gasteiger partial charge in [-0.1, -0.05) is 27.7 Å². The van der Waals surface area contributed by atoms with Gasteiger partial charge in [0.2, 0.25) is 11.8 Å². The van der Waals surface area contributed by atoms with Crippen LogP contribution in [0.25, 0.3) is 0 Å². The van der Waals surface area contributed by atoms with E-state index in [1.54, 1.807) is 0 Å². The van der Waals surface area contributed by atoms with E-state index in [0.717, 1.165) is 0 Å². The molecule has 0 aromatic heterocycles. The molecule has 0 radical (unpaired) electrons. The molecule has 8 heteroatoms. The van der Waals surface area contributed by atoms with E-state index in [0.29, 0.717) is 38.2 Å². The molecule has 0 unspecified atom stereocenters. The van der Waals surface area contributed by atoms with Crippen LogP contribution in [-0.2, 0) is 23.1 Å². The summed E-state index contributed by atoms with van der Waals surface area (Å²) in [6.07, 6.45) is 0.262. The Labute approximate surface area is 170 Å². The third-order valence-electron chi connectivity index (χ3n) is 4.60. The van der Waals surface area contributed by atoms with Crippen LogP contribution in [-0.4, -0.2) is 56.5 Å². The molecule has 0 saturated carbocycles. The predicted octanol–water partition coefficient (Wildman–Crippen LogP) is 4.80. The first kappa shape index (κ1) is 25.1. The Morgan fingerprint density at radius 1 is 0.821 bits per heavy atom. The van der Waals surface area contributed by atoms with Gasteiger partial charge in [-0.2, -0.15) is 0 Å². The van der Waals surface area contributed by atoms with Crippen LogP contribution in [0.15, 0.2) is 9.98 Å². The highest BCUT2D eigenvalue weighted by Crippen LogP contribution is 2.51. The summed E-state index contributed by atoms with van der Waals surface area (Å²) in [5.41, 5.74) is 0. The zero-order valence-electron chi connectivity index (χ0n) is 18.8. The molecule has 1 aliphatic heterocycles. The van der Waals surface area contributed by atoms with Crippen LogP contribution in [0.2, 0.25) is 0 Å². The predicted molar refractivity (Wildman–Crippen MR) is 115 cm³/mol. The van der Waals surface area contributed by atoms with Gasteiger partial charge in [0.1, 0.15) is 12.1 Å². The molecule has 0 spiro atoms. The molecule has 0 bridgehead atoms. The van der Waals surface area contributed by atoms with Crippen LogP contribution in [0.3, 0.4) is 0 Å². The van der Waals surface area contributed by atoms with Gasteiger partial charge < -0.3 is 18.5 Å². The maximum Gasteiger partial charge on any atom is 0.331 e. The first-order valence-corrected chi connectivity index (χ1v) is 12.2. The van der Waals surface area contributed by atoms with Crippen LogP contribution in [0.5, 0.6) is 0 Å². The quantitative estimate of drug-likeness (QED) is 0.450. The summed E-state index contributed by atoms with van der Waals surface area (Å²) in [5.74, 6) is 1.50. The Kier molecular flexibility index (Phi) is 10.7. The lowest BCUT2D eigenvalue weighted by atomic mass is 9.89. The van der Waals surface area contributed by atoms with E-state index in [4.69, 9.17) is 28.5 Å². The van der Waals surface area contributed by atoms with Crippen molar-refractivity contribution >= 4 is 19.4 Å². The van der Waals surface area contributed by atoms with Gasteiger partial charge in [0.05, 0.1) is 32.6 Å². The lowest BCUT2D eigenvalue weighted by Gasteiger charge is -2.34. The summed E-state index contributed by atoms with van der Waals surface area (Å²) in [7, 11) is -3.23. The van der Waals surface area contributed by atoms with E-state index in [1.165, 1.54) is 0 Å². The molecule has 0 saturated heterocycles. The fourth-order valence-corrected chi connectivity index (χ4v) is 5.47. The lowest BCUT2D eigenvalue weighted by molar-refractivity contribution is 0.206. The average molecular weight is 419 g/mol. The van der Waals surface area contributed by atoms with Gasteiger partial charge in [-0.3, -0.25) is 4.57 Å². The summed E-state index contributed by atoms with van der Waals surface area (Å²) in [4.78, 5) is 9.75. The van der Waals surface area contributed by atoms with Gasteiger partial charge in [-0.05, 0) is 39.5 Å². The van der Waals surface area contributed by atoms with E-state index >= 15 is 0 Å². The average Bonchev–Trinajstić information content (AvgIpc) is 2.61. The highest BCUT2D eigenvalue weighted by atomic mass is 31.2. The molecule has 3 atom stereocenters. The number of hydrogen-bond acceptors (Lipinski definition) is 7. The molecule has 0 N–H and O–H groups in total. The number of nitrogens with zero attached hydrogens (tertiary/aromatic N) is 2. The molecule has 0 fully saturated rings. The van der Waals surface area contributed by atoms with Gasteiger partial charge in [0, 0.05) is 5.92 Å². The summed E-state index contributed by atoms with van der Waals surface area (Å²) in [5, 5.41) is 0. The summed E-state index contributed by atoms with van der Waals surface area (Å²) >= 11 is 0. The fourth-order valence-electron chi connectivity index (χ4n) is 3.26. The van der Waals surface area contributed by atoms with Crippen molar-refractivity contribution in [2.24, 2.45) is 27.7 Å². The number of ether oxygens (including phenoxy) is 2. The summed E-state index contributed by atoms with van der Waals surface area (Å²) in [6, 6.07) is -0.540. The largest absolute Gasteiger partial charge is 0.480 e. The van der Waals surface area contributed by atoms with E-state index in [9.17, 15) is 4.57 Å². The second kappa shape index (κ2) is 11.9. The monoisotopic (exact) mass is 418 g/mol. The van der Waals surface area contributed by atoms with Crippen molar-refractivity contribution in [2.45, 2.75) is 67.5 Å². The van der Waals surface area contributed by atoms with Crippen LogP contribution in [0, 0.1) is 17.8 Å². The van der Waals surface area contributed by atoms with Gasteiger partial charge in [-0.25, -0.2) is 9.98 Å². The number of aliphatic imine (C=N–C) groups is 2. The molecule has 1 rings (SSSR count). The second-order valence-electron chi connectivity index (χ2n) is 7.47. The molecule has 7 nitrogen and oxygen atoms in total. The molecule has 0 aromatic carbocycles. The Hall–Kier alpha value is -0.910. The number of hydrogen-bond donors (Lipinski definition) is 0. The van der Waals surface area contributed by atoms with Crippen molar-refractivity contribution < 1.29 is 23.1 Å². The molecule has 1 heterocycles. The highest BCUT2D eigenvalue weighted by Gasteiger charge is 2.41. The normalized spacial score (nSPS) is 21.5. The zero-order valence-corrected chi connectivity index (χ0v) is 19.7. The molecule has 0 aromatic rings. The van der Waals surface area contributed by atoms with Gasteiger partial charge in [0.15, 0.2) is 0 Å². The van der Waals surface area contributed by atoms with E-state index in [1.807, 2.05) is 27.7 Å². The fraction of sp³-hybridized carbons (Fsp3) is 0.900. The van der Waals surface area contributed by atoms with Crippen molar-refractivity contribution in [3.63, 3.8) is 0 Å². The second-order valence-corrected chi connectivity index (χ2v) is 9.57. The van der Waals surface area contributed by atoms with Crippen molar-refractivity contribution in [2.75, 3.05) is 32.6 Å². The minimum atomic E-state index is -3.23.